The maximum atomic E-state index is 12.3. The number of nitriles is 1. The number of anilines is 1. The number of amides is 1. The van der Waals surface area contributed by atoms with Crippen LogP contribution in [0.15, 0.2) is 64.6 Å². The molecule has 1 heterocycles. The summed E-state index contributed by atoms with van der Waals surface area (Å²) in [5.74, 6) is 0.261. The molecular weight excluding hydrogens is 387 g/mol. The van der Waals surface area contributed by atoms with Gasteiger partial charge in [0.15, 0.2) is 0 Å². The Labute approximate surface area is 165 Å². The molecule has 0 bridgehead atoms. The standard InChI is InChI=1S/C20H12Cl2N2O3/c21-17-3-1-2-16(19(17)22)18-9-8-15(27-18)10-12(11-23)20(26)24-13-4-6-14(25)7-5-13/h1-10,25H,(H,24,26)/b12-10+. The number of carbonyl (C=O) groups is 1. The van der Waals surface area contributed by atoms with Gasteiger partial charge in [-0.1, -0.05) is 29.3 Å². The van der Waals surface area contributed by atoms with E-state index in [1.54, 1.807) is 30.3 Å². The summed E-state index contributed by atoms with van der Waals surface area (Å²) in [7, 11) is 0. The largest absolute Gasteiger partial charge is 0.508 e. The van der Waals surface area contributed by atoms with E-state index in [0.717, 1.165) is 0 Å². The van der Waals surface area contributed by atoms with Crippen molar-refractivity contribution in [3.8, 4) is 23.1 Å². The smallest absolute Gasteiger partial charge is 0.266 e. The summed E-state index contributed by atoms with van der Waals surface area (Å²) in [5, 5.41) is 21.9. The van der Waals surface area contributed by atoms with Crippen molar-refractivity contribution in [2.24, 2.45) is 0 Å². The topological polar surface area (TPSA) is 86.3 Å². The van der Waals surface area contributed by atoms with Crippen LogP contribution in [0.1, 0.15) is 5.76 Å². The molecule has 134 valence electrons. The van der Waals surface area contributed by atoms with Crippen LogP contribution in [0.4, 0.5) is 5.69 Å². The monoisotopic (exact) mass is 398 g/mol. The minimum Gasteiger partial charge on any atom is -0.508 e. The maximum absolute atomic E-state index is 12.3. The van der Waals surface area contributed by atoms with Gasteiger partial charge in [0.2, 0.25) is 0 Å². The lowest BCUT2D eigenvalue weighted by Gasteiger charge is -2.04. The molecule has 0 aliphatic carbocycles. The molecule has 3 rings (SSSR count). The van der Waals surface area contributed by atoms with Gasteiger partial charge in [-0.2, -0.15) is 5.26 Å². The number of phenols is 1. The normalized spacial score (nSPS) is 11.1. The van der Waals surface area contributed by atoms with Crippen molar-refractivity contribution in [1.82, 2.24) is 0 Å². The van der Waals surface area contributed by atoms with E-state index in [1.165, 1.54) is 30.3 Å². The van der Waals surface area contributed by atoms with Crippen LogP contribution in [0.25, 0.3) is 17.4 Å². The van der Waals surface area contributed by atoms with Crippen molar-refractivity contribution in [2.75, 3.05) is 5.32 Å². The number of benzene rings is 2. The summed E-state index contributed by atoms with van der Waals surface area (Å²) in [6, 6.07) is 16.2. The van der Waals surface area contributed by atoms with Gasteiger partial charge in [-0.15, -0.1) is 0 Å². The quantitative estimate of drug-likeness (QED) is 0.344. The first kappa shape index (κ1) is 18.6. The molecule has 1 aromatic heterocycles. The lowest BCUT2D eigenvalue weighted by Crippen LogP contribution is -2.13. The molecule has 0 saturated carbocycles. The SMILES string of the molecule is N#C/C(=C\c1ccc(-c2cccc(Cl)c2Cl)o1)C(=O)Nc1ccc(O)cc1. The Morgan fingerprint density at radius 3 is 2.56 bits per heavy atom. The van der Waals surface area contributed by atoms with Gasteiger partial charge in [0.05, 0.1) is 10.0 Å². The molecule has 7 heteroatoms. The number of nitrogens with zero attached hydrogens (tertiary/aromatic N) is 1. The summed E-state index contributed by atoms with van der Waals surface area (Å²) in [6.45, 7) is 0. The molecule has 0 aliphatic heterocycles. The highest BCUT2D eigenvalue weighted by atomic mass is 35.5. The van der Waals surface area contributed by atoms with Gasteiger partial charge in [0.25, 0.3) is 5.91 Å². The second-order valence-electron chi connectivity index (χ2n) is 5.47. The lowest BCUT2D eigenvalue weighted by molar-refractivity contribution is -0.112. The molecule has 0 atom stereocenters. The fourth-order valence-corrected chi connectivity index (χ4v) is 2.70. The van der Waals surface area contributed by atoms with Crippen LogP contribution in [0.2, 0.25) is 10.0 Å². The van der Waals surface area contributed by atoms with Crippen molar-refractivity contribution in [1.29, 1.82) is 5.26 Å². The van der Waals surface area contributed by atoms with Crippen molar-refractivity contribution < 1.29 is 14.3 Å². The molecule has 0 unspecified atom stereocenters. The van der Waals surface area contributed by atoms with Crippen molar-refractivity contribution in [3.63, 3.8) is 0 Å². The number of hydrogen-bond acceptors (Lipinski definition) is 4. The molecule has 0 fully saturated rings. The van der Waals surface area contributed by atoms with Crippen molar-refractivity contribution in [2.45, 2.75) is 0 Å². The second kappa shape index (κ2) is 8.00. The van der Waals surface area contributed by atoms with Crippen molar-refractivity contribution in [3.05, 3.63) is 76.0 Å². The van der Waals surface area contributed by atoms with E-state index in [0.29, 0.717) is 32.8 Å². The summed E-state index contributed by atoms with van der Waals surface area (Å²) < 4.78 is 5.67. The third-order valence-electron chi connectivity index (χ3n) is 3.62. The molecule has 1 amide bonds. The Balaban J connectivity index is 1.83. The molecule has 2 aromatic carbocycles. The third-order valence-corrected chi connectivity index (χ3v) is 4.44. The second-order valence-corrected chi connectivity index (χ2v) is 6.26. The zero-order valence-electron chi connectivity index (χ0n) is 13.7. The van der Waals surface area contributed by atoms with Gasteiger partial charge >= 0.3 is 0 Å². The number of nitrogens with one attached hydrogen (secondary N) is 1. The van der Waals surface area contributed by atoms with Gasteiger partial charge in [0, 0.05) is 17.3 Å². The lowest BCUT2D eigenvalue weighted by atomic mass is 10.2. The Hall–Kier alpha value is -3.20. The number of rotatable bonds is 4. The van der Waals surface area contributed by atoms with Gasteiger partial charge in [-0.05, 0) is 48.5 Å². The van der Waals surface area contributed by atoms with Gasteiger partial charge in [-0.25, -0.2) is 0 Å². The predicted molar refractivity (Wildman–Crippen MR) is 104 cm³/mol. The maximum Gasteiger partial charge on any atom is 0.266 e. The molecule has 0 radical (unpaired) electrons. The first-order valence-corrected chi connectivity index (χ1v) is 8.50. The molecule has 5 nitrogen and oxygen atoms in total. The summed E-state index contributed by atoms with van der Waals surface area (Å²) in [6.07, 6.45) is 1.33. The molecular formula is C20H12Cl2N2O3. The van der Waals surface area contributed by atoms with E-state index < -0.39 is 5.91 Å². The first-order chi connectivity index (χ1) is 13.0. The van der Waals surface area contributed by atoms with E-state index >= 15 is 0 Å². The van der Waals surface area contributed by atoms with Crippen LogP contribution in [0.3, 0.4) is 0 Å². The number of aromatic hydroxyl groups is 1. The average molecular weight is 399 g/mol. The fraction of sp³-hybridized carbons (Fsp3) is 0. The summed E-state index contributed by atoms with van der Waals surface area (Å²) in [4.78, 5) is 12.3. The van der Waals surface area contributed by atoms with E-state index in [4.69, 9.17) is 27.6 Å². The Morgan fingerprint density at radius 1 is 1.11 bits per heavy atom. The van der Waals surface area contributed by atoms with E-state index in [9.17, 15) is 15.2 Å². The zero-order chi connectivity index (χ0) is 19.4. The molecule has 0 spiro atoms. The number of carbonyl (C=O) groups excluding carboxylic acids is 1. The highest BCUT2D eigenvalue weighted by Crippen LogP contribution is 2.34. The number of furan rings is 1. The fourth-order valence-electron chi connectivity index (χ4n) is 2.30. The molecule has 2 N–H and O–H groups in total. The van der Waals surface area contributed by atoms with Crippen LogP contribution in [-0.4, -0.2) is 11.0 Å². The van der Waals surface area contributed by atoms with E-state index in [2.05, 4.69) is 5.32 Å². The van der Waals surface area contributed by atoms with Crippen LogP contribution in [0, 0.1) is 11.3 Å². The van der Waals surface area contributed by atoms with Crippen LogP contribution >= 0.6 is 23.2 Å². The van der Waals surface area contributed by atoms with Gasteiger partial charge in [0.1, 0.15) is 28.9 Å². The minimum atomic E-state index is -0.595. The Bertz CT molecular complexity index is 1060. The predicted octanol–water partition coefficient (Wildman–Crippen LogP) is 5.50. The number of phenolic OH excluding ortho intramolecular Hbond substituents is 1. The summed E-state index contributed by atoms with van der Waals surface area (Å²) >= 11 is 12.2. The highest BCUT2D eigenvalue weighted by Gasteiger charge is 2.13. The highest BCUT2D eigenvalue weighted by molar-refractivity contribution is 6.43. The van der Waals surface area contributed by atoms with Gasteiger partial charge < -0.3 is 14.8 Å². The van der Waals surface area contributed by atoms with E-state index in [-0.39, 0.29) is 11.3 Å². The average Bonchev–Trinajstić information content (AvgIpc) is 3.12. The third kappa shape index (κ3) is 4.32. The van der Waals surface area contributed by atoms with Crippen LogP contribution in [0.5, 0.6) is 5.75 Å². The minimum absolute atomic E-state index is 0.0758. The number of hydrogen-bond donors (Lipinski definition) is 2. The molecule has 0 aliphatic rings. The Morgan fingerprint density at radius 2 is 1.85 bits per heavy atom. The molecule has 27 heavy (non-hydrogen) atoms. The van der Waals surface area contributed by atoms with Gasteiger partial charge in [-0.3, -0.25) is 4.79 Å². The summed E-state index contributed by atoms with van der Waals surface area (Å²) in [5.41, 5.74) is 0.918. The first-order valence-electron chi connectivity index (χ1n) is 7.74. The van der Waals surface area contributed by atoms with Crippen molar-refractivity contribution >= 4 is 40.9 Å². The van der Waals surface area contributed by atoms with Crippen LogP contribution < -0.4 is 5.32 Å². The zero-order valence-corrected chi connectivity index (χ0v) is 15.3. The van der Waals surface area contributed by atoms with Crippen LogP contribution in [-0.2, 0) is 4.79 Å². The molecule has 3 aromatic rings. The molecule has 0 saturated heterocycles. The van der Waals surface area contributed by atoms with E-state index in [1.807, 2.05) is 6.07 Å². The number of halogens is 2. The Kier molecular flexibility index (Phi) is 5.51.